The van der Waals surface area contributed by atoms with Gasteiger partial charge in [0.25, 0.3) is 5.91 Å². The molecule has 0 heterocycles. The lowest BCUT2D eigenvalue weighted by atomic mass is 10.1. The Labute approximate surface area is 117 Å². The van der Waals surface area contributed by atoms with E-state index >= 15 is 0 Å². The number of amides is 1. The number of hydrogen-bond donors (Lipinski definition) is 1. The second-order valence-electron chi connectivity index (χ2n) is 4.46. The molecule has 0 radical (unpaired) electrons. The third-order valence-corrected chi connectivity index (χ3v) is 3.17. The lowest BCUT2D eigenvalue weighted by Crippen LogP contribution is -2.38. The van der Waals surface area contributed by atoms with Gasteiger partial charge < -0.3 is 10.1 Å². The Bertz CT molecular complexity index is 421. The Balaban J connectivity index is 2.47. The summed E-state index contributed by atoms with van der Waals surface area (Å²) in [4.78, 5) is 11.6. The minimum atomic E-state index is -0.165. The normalized spacial score (nSPS) is 12.3. The number of halogens is 2. The van der Waals surface area contributed by atoms with Crippen molar-refractivity contribution in [1.29, 1.82) is 0 Å². The maximum absolute atomic E-state index is 11.6. The number of hydrogen-bond acceptors (Lipinski definition) is 2. The largest absolute Gasteiger partial charge is 0.482 e. The summed E-state index contributed by atoms with van der Waals surface area (Å²) in [5, 5.41) is 3.78. The van der Waals surface area contributed by atoms with Crippen LogP contribution in [-0.2, 0) is 4.79 Å². The van der Waals surface area contributed by atoms with Crippen LogP contribution in [0.1, 0.15) is 20.8 Å². The molecule has 1 amide bonds. The second-order valence-corrected chi connectivity index (χ2v) is 5.31. The molecule has 0 saturated carbocycles. The van der Waals surface area contributed by atoms with Crippen molar-refractivity contribution in [3.05, 3.63) is 28.2 Å². The van der Waals surface area contributed by atoms with Gasteiger partial charge in [-0.1, -0.05) is 37.0 Å². The Morgan fingerprint density at radius 2 is 2.00 bits per heavy atom. The fraction of sp³-hybridized carbons (Fsp3) is 0.462. The molecule has 0 saturated heterocycles. The highest BCUT2D eigenvalue weighted by molar-refractivity contribution is 6.35. The Hall–Kier alpha value is -0.930. The highest BCUT2D eigenvalue weighted by atomic mass is 35.5. The number of ether oxygens (including phenoxy) is 1. The van der Waals surface area contributed by atoms with Crippen molar-refractivity contribution in [1.82, 2.24) is 5.32 Å². The smallest absolute Gasteiger partial charge is 0.258 e. The summed E-state index contributed by atoms with van der Waals surface area (Å²) >= 11 is 11.7. The standard InChI is InChI=1S/C13H17Cl2NO2/c1-8(2)9(3)16-13(17)7-18-12-5-4-10(14)6-11(12)15/h4-6,8-9H,7H2,1-3H3,(H,16,17)/t9-/m0/s1. The average Bonchev–Trinajstić information content (AvgIpc) is 2.27. The molecule has 0 fully saturated rings. The van der Waals surface area contributed by atoms with Crippen LogP contribution in [0.5, 0.6) is 5.75 Å². The Morgan fingerprint density at radius 1 is 1.33 bits per heavy atom. The molecular formula is C13H17Cl2NO2. The number of carbonyl (C=O) groups excluding carboxylic acids is 1. The molecule has 18 heavy (non-hydrogen) atoms. The summed E-state index contributed by atoms with van der Waals surface area (Å²) in [5.41, 5.74) is 0. The van der Waals surface area contributed by atoms with Crippen molar-refractivity contribution >= 4 is 29.1 Å². The van der Waals surface area contributed by atoms with Gasteiger partial charge in [-0.25, -0.2) is 0 Å². The van der Waals surface area contributed by atoms with Gasteiger partial charge in [0.2, 0.25) is 0 Å². The second kappa shape index (κ2) is 6.86. The molecule has 1 rings (SSSR count). The fourth-order valence-electron chi connectivity index (χ4n) is 1.20. The van der Waals surface area contributed by atoms with Gasteiger partial charge in [0.05, 0.1) is 5.02 Å². The van der Waals surface area contributed by atoms with Crippen molar-refractivity contribution < 1.29 is 9.53 Å². The molecule has 5 heteroatoms. The van der Waals surface area contributed by atoms with Gasteiger partial charge >= 0.3 is 0 Å². The van der Waals surface area contributed by atoms with Gasteiger partial charge in [-0.05, 0) is 31.0 Å². The van der Waals surface area contributed by atoms with Crippen LogP contribution in [0.25, 0.3) is 0 Å². The highest BCUT2D eigenvalue weighted by Gasteiger charge is 2.11. The molecule has 1 aromatic rings. The molecule has 0 spiro atoms. The van der Waals surface area contributed by atoms with E-state index in [9.17, 15) is 4.79 Å². The molecule has 1 aromatic carbocycles. The average molecular weight is 290 g/mol. The first-order valence-corrected chi connectivity index (χ1v) is 6.53. The van der Waals surface area contributed by atoms with Crippen LogP contribution in [-0.4, -0.2) is 18.6 Å². The third-order valence-electron chi connectivity index (χ3n) is 2.64. The molecule has 0 aliphatic rings. The molecule has 1 N–H and O–H groups in total. The van der Waals surface area contributed by atoms with Crippen LogP contribution >= 0.6 is 23.2 Å². The van der Waals surface area contributed by atoms with Crippen LogP contribution in [0.2, 0.25) is 10.0 Å². The summed E-state index contributed by atoms with van der Waals surface area (Å²) in [6.45, 7) is 5.99. The summed E-state index contributed by atoms with van der Waals surface area (Å²) < 4.78 is 5.33. The summed E-state index contributed by atoms with van der Waals surface area (Å²) in [6, 6.07) is 5.00. The van der Waals surface area contributed by atoms with E-state index in [0.29, 0.717) is 21.7 Å². The number of carbonyl (C=O) groups is 1. The molecule has 0 aliphatic carbocycles. The zero-order valence-corrected chi connectivity index (χ0v) is 12.2. The monoisotopic (exact) mass is 289 g/mol. The number of nitrogens with one attached hydrogen (secondary N) is 1. The van der Waals surface area contributed by atoms with E-state index in [0.717, 1.165) is 0 Å². The molecule has 0 aromatic heterocycles. The minimum absolute atomic E-state index is 0.0571. The summed E-state index contributed by atoms with van der Waals surface area (Å²) in [5.74, 6) is 0.670. The van der Waals surface area contributed by atoms with E-state index in [2.05, 4.69) is 5.32 Å². The van der Waals surface area contributed by atoms with Crippen LogP contribution in [0.3, 0.4) is 0 Å². The van der Waals surface area contributed by atoms with Crippen LogP contribution in [0.15, 0.2) is 18.2 Å². The van der Waals surface area contributed by atoms with Crippen molar-refractivity contribution in [3.63, 3.8) is 0 Å². The lowest BCUT2D eigenvalue weighted by molar-refractivity contribution is -0.123. The summed E-state index contributed by atoms with van der Waals surface area (Å²) in [6.07, 6.45) is 0. The lowest BCUT2D eigenvalue weighted by Gasteiger charge is -2.17. The van der Waals surface area contributed by atoms with E-state index in [-0.39, 0.29) is 18.6 Å². The first-order chi connectivity index (χ1) is 8.40. The quantitative estimate of drug-likeness (QED) is 0.900. The SMILES string of the molecule is CC(C)[C@H](C)NC(=O)COc1ccc(Cl)cc1Cl. The molecule has 1 atom stereocenters. The number of benzene rings is 1. The van der Waals surface area contributed by atoms with E-state index in [1.165, 1.54) is 0 Å². The first-order valence-electron chi connectivity index (χ1n) is 5.77. The molecular weight excluding hydrogens is 273 g/mol. The Kier molecular flexibility index (Phi) is 5.76. The zero-order valence-electron chi connectivity index (χ0n) is 10.7. The van der Waals surface area contributed by atoms with Crippen molar-refractivity contribution in [2.24, 2.45) is 5.92 Å². The van der Waals surface area contributed by atoms with Crippen LogP contribution < -0.4 is 10.1 Å². The zero-order chi connectivity index (χ0) is 13.7. The van der Waals surface area contributed by atoms with E-state index in [1.807, 2.05) is 20.8 Å². The van der Waals surface area contributed by atoms with Crippen molar-refractivity contribution in [2.75, 3.05) is 6.61 Å². The van der Waals surface area contributed by atoms with Crippen LogP contribution in [0, 0.1) is 5.92 Å². The van der Waals surface area contributed by atoms with Gasteiger partial charge in [-0.15, -0.1) is 0 Å². The van der Waals surface area contributed by atoms with Gasteiger partial charge in [0.15, 0.2) is 6.61 Å². The van der Waals surface area contributed by atoms with E-state index < -0.39 is 0 Å². The van der Waals surface area contributed by atoms with E-state index in [4.69, 9.17) is 27.9 Å². The van der Waals surface area contributed by atoms with Crippen molar-refractivity contribution in [3.8, 4) is 5.75 Å². The molecule has 0 aliphatic heterocycles. The van der Waals surface area contributed by atoms with Gasteiger partial charge in [0, 0.05) is 11.1 Å². The minimum Gasteiger partial charge on any atom is -0.482 e. The third kappa shape index (κ3) is 4.75. The van der Waals surface area contributed by atoms with Gasteiger partial charge in [-0.2, -0.15) is 0 Å². The first kappa shape index (κ1) is 15.1. The van der Waals surface area contributed by atoms with Gasteiger partial charge in [-0.3, -0.25) is 4.79 Å². The molecule has 100 valence electrons. The van der Waals surface area contributed by atoms with E-state index in [1.54, 1.807) is 18.2 Å². The maximum Gasteiger partial charge on any atom is 0.258 e. The number of rotatable bonds is 5. The Morgan fingerprint density at radius 3 is 2.56 bits per heavy atom. The molecule has 0 bridgehead atoms. The topological polar surface area (TPSA) is 38.3 Å². The molecule has 3 nitrogen and oxygen atoms in total. The highest BCUT2D eigenvalue weighted by Crippen LogP contribution is 2.27. The maximum atomic E-state index is 11.6. The van der Waals surface area contributed by atoms with Gasteiger partial charge in [0.1, 0.15) is 5.75 Å². The molecule has 0 unspecified atom stereocenters. The predicted molar refractivity (Wildman–Crippen MR) is 74.4 cm³/mol. The fourth-order valence-corrected chi connectivity index (χ4v) is 1.66. The summed E-state index contributed by atoms with van der Waals surface area (Å²) in [7, 11) is 0. The van der Waals surface area contributed by atoms with Crippen molar-refractivity contribution in [2.45, 2.75) is 26.8 Å². The van der Waals surface area contributed by atoms with Crippen LogP contribution in [0.4, 0.5) is 0 Å². The predicted octanol–water partition coefficient (Wildman–Crippen LogP) is 3.53.